The molecule has 5 nitrogen and oxygen atoms in total. The SMILES string of the molecule is Cc1ccc(CS(=O)(=O)N(C)C2CCCc3c2cnn3C)cc1F. The minimum Gasteiger partial charge on any atom is -0.272 e. The van der Waals surface area contributed by atoms with Crippen LogP contribution in [0.4, 0.5) is 4.39 Å². The lowest BCUT2D eigenvalue weighted by molar-refractivity contribution is 0.334. The van der Waals surface area contributed by atoms with Crippen molar-refractivity contribution in [2.45, 2.75) is 38.0 Å². The third-order valence-corrected chi connectivity index (χ3v) is 6.64. The molecule has 1 aromatic heterocycles. The van der Waals surface area contributed by atoms with Crippen LogP contribution in [0.25, 0.3) is 0 Å². The summed E-state index contributed by atoms with van der Waals surface area (Å²) in [4.78, 5) is 0. The fourth-order valence-electron chi connectivity index (χ4n) is 3.29. The first kappa shape index (κ1) is 17.1. The number of aryl methyl sites for hydroxylation is 2. The number of hydrogen-bond donors (Lipinski definition) is 0. The maximum atomic E-state index is 13.7. The second kappa shape index (κ2) is 6.29. The van der Waals surface area contributed by atoms with Gasteiger partial charge in [0.25, 0.3) is 0 Å². The second-order valence-corrected chi connectivity index (χ2v) is 8.46. The van der Waals surface area contributed by atoms with E-state index >= 15 is 0 Å². The molecule has 1 heterocycles. The van der Waals surface area contributed by atoms with Gasteiger partial charge >= 0.3 is 0 Å². The van der Waals surface area contributed by atoms with E-state index in [4.69, 9.17) is 0 Å². The van der Waals surface area contributed by atoms with Gasteiger partial charge in [0, 0.05) is 25.4 Å². The Labute approximate surface area is 142 Å². The highest BCUT2D eigenvalue weighted by Crippen LogP contribution is 2.35. The number of fused-ring (bicyclic) bond motifs is 1. The molecule has 7 heteroatoms. The highest BCUT2D eigenvalue weighted by Gasteiger charge is 2.32. The maximum absolute atomic E-state index is 13.7. The highest BCUT2D eigenvalue weighted by molar-refractivity contribution is 7.88. The van der Waals surface area contributed by atoms with Crippen molar-refractivity contribution in [2.75, 3.05) is 7.05 Å². The number of nitrogens with zero attached hydrogens (tertiary/aromatic N) is 3. The van der Waals surface area contributed by atoms with E-state index in [9.17, 15) is 12.8 Å². The molecule has 0 saturated carbocycles. The van der Waals surface area contributed by atoms with E-state index in [1.807, 2.05) is 11.7 Å². The van der Waals surface area contributed by atoms with Gasteiger partial charge < -0.3 is 0 Å². The van der Waals surface area contributed by atoms with Crippen LogP contribution >= 0.6 is 0 Å². The van der Waals surface area contributed by atoms with Crippen LogP contribution in [0, 0.1) is 12.7 Å². The molecule has 0 N–H and O–H groups in total. The van der Waals surface area contributed by atoms with Crippen molar-refractivity contribution in [1.82, 2.24) is 14.1 Å². The van der Waals surface area contributed by atoms with Gasteiger partial charge in [0.2, 0.25) is 10.0 Å². The Bertz CT molecular complexity index is 861. The van der Waals surface area contributed by atoms with Crippen molar-refractivity contribution >= 4 is 10.0 Å². The summed E-state index contributed by atoms with van der Waals surface area (Å²) in [6.07, 6.45) is 4.38. The van der Waals surface area contributed by atoms with E-state index in [-0.39, 0.29) is 17.6 Å². The van der Waals surface area contributed by atoms with Crippen molar-refractivity contribution in [1.29, 1.82) is 0 Å². The topological polar surface area (TPSA) is 55.2 Å². The number of sulfonamides is 1. The zero-order chi connectivity index (χ0) is 17.5. The Hall–Kier alpha value is -1.73. The Kier molecular flexibility index (Phi) is 4.48. The first-order chi connectivity index (χ1) is 11.3. The molecule has 0 fully saturated rings. The van der Waals surface area contributed by atoms with Crippen LogP contribution in [0.2, 0.25) is 0 Å². The molecule has 0 amide bonds. The van der Waals surface area contributed by atoms with Gasteiger partial charge in [0.1, 0.15) is 5.82 Å². The second-order valence-electron chi connectivity index (χ2n) is 6.43. The van der Waals surface area contributed by atoms with Gasteiger partial charge in [-0.05, 0) is 43.4 Å². The van der Waals surface area contributed by atoms with Crippen molar-refractivity contribution in [3.63, 3.8) is 0 Å². The van der Waals surface area contributed by atoms with Crippen LogP contribution in [-0.2, 0) is 29.2 Å². The zero-order valence-electron chi connectivity index (χ0n) is 14.2. The number of aromatic nitrogens is 2. The summed E-state index contributed by atoms with van der Waals surface area (Å²) in [7, 11) is -0.0628. The molecule has 2 aromatic rings. The van der Waals surface area contributed by atoms with Gasteiger partial charge in [-0.15, -0.1) is 0 Å². The summed E-state index contributed by atoms with van der Waals surface area (Å²) >= 11 is 0. The Morgan fingerprint density at radius 3 is 2.88 bits per heavy atom. The normalized spacial score (nSPS) is 18.0. The van der Waals surface area contributed by atoms with E-state index in [1.165, 1.54) is 10.4 Å². The molecular weight excluding hydrogens is 329 g/mol. The summed E-state index contributed by atoms with van der Waals surface area (Å²) < 4.78 is 42.5. The molecular formula is C17H22FN3O2S. The van der Waals surface area contributed by atoms with Crippen molar-refractivity contribution in [3.8, 4) is 0 Å². The summed E-state index contributed by atoms with van der Waals surface area (Å²) in [5.41, 5.74) is 3.04. The Morgan fingerprint density at radius 2 is 2.17 bits per heavy atom. The molecule has 3 rings (SSSR count). The molecule has 24 heavy (non-hydrogen) atoms. The van der Waals surface area contributed by atoms with Crippen LogP contribution in [0.3, 0.4) is 0 Å². The highest BCUT2D eigenvalue weighted by atomic mass is 32.2. The fourth-order valence-corrected chi connectivity index (χ4v) is 4.70. The van der Waals surface area contributed by atoms with E-state index < -0.39 is 10.0 Å². The molecule has 0 radical (unpaired) electrons. The summed E-state index contributed by atoms with van der Waals surface area (Å²) in [6.45, 7) is 1.66. The average Bonchev–Trinajstić information content (AvgIpc) is 2.91. The van der Waals surface area contributed by atoms with Crippen molar-refractivity contribution in [3.05, 3.63) is 52.6 Å². The predicted octanol–water partition coefficient (Wildman–Crippen LogP) is 2.71. The van der Waals surface area contributed by atoms with Crippen LogP contribution in [0.1, 0.15) is 41.3 Å². The maximum Gasteiger partial charge on any atom is 0.218 e. The summed E-state index contributed by atoms with van der Waals surface area (Å²) in [5.74, 6) is -0.579. The van der Waals surface area contributed by atoms with Crippen molar-refractivity contribution < 1.29 is 12.8 Å². The molecule has 1 aliphatic rings. The van der Waals surface area contributed by atoms with Gasteiger partial charge in [-0.2, -0.15) is 9.40 Å². The lowest BCUT2D eigenvalue weighted by atomic mass is 9.93. The minimum absolute atomic E-state index is 0.202. The van der Waals surface area contributed by atoms with Gasteiger partial charge in [-0.25, -0.2) is 12.8 Å². The number of halogens is 1. The Morgan fingerprint density at radius 1 is 1.42 bits per heavy atom. The summed E-state index contributed by atoms with van der Waals surface area (Å²) in [6, 6.07) is 4.37. The molecule has 0 aliphatic heterocycles. The van der Waals surface area contributed by atoms with Gasteiger partial charge in [0.15, 0.2) is 0 Å². The van der Waals surface area contributed by atoms with Gasteiger partial charge in [-0.1, -0.05) is 12.1 Å². The number of hydrogen-bond acceptors (Lipinski definition) is 3. The molecule has 0 saturated heterocycles. The van der Waals surface area contributed by atoms with Crippen molar-refractivity contribution in [2.24, 2.45) is 7.05 Å². The smallest absolute Gasteiger partial charge is 0.218 e. The largest absolute Gasteiger partial charge is 0.272 e. The lowest BCUT2D eigenvalue weighted by Crippen LogP contribution is -2.34. The molecule has 0 spiro atoms. The quantitative estimate of drug-likeness (QED) is 0.851. The Balaban J connectivity index is 1.86. The molecule has 1 aromatic carbocycles. The minimum atomic E-state index is -3.55. The summed E-state index contributed by atoms with van der Waals surface area (Å²) in [5, 5.41) is 4.26. The lowest BCUT2D eigenvalue weighted by Gasteiger charge is -2.30. The van der Waals surface area contributed by atoms with Gasteiger partial charge in [-0.3, -0.25) is 4.68 Å². The molecule has 1 aliphatic carbocycles. The van der Waals surface area contributed by atoms with E-state index in [2.05, 4.69) is 5.10 Å². The first-order valence-corrected chi connectivity index (χ1v) is 9.62. The van der Waals surface area contributed by atoms with E-state index in [0.717, 1.165) is 30.5 Å². The zero-order valence-corrected chi connectivity index (χ0v) is 15.0. The molecule has 1 atom stereocenters. The van der Waals surface area contributed by atoms with Crippen LogP contribution in [0.15, 0.2) is 24.4 Å². The third kappa shape index (κ3) is 3.10. The number of benzene rings is 1. The van der Waals surface area contributed by atoms with Crippen LogP contribution < -0.4 is 0 Å². The molecule has 1 unspecified atom stereocenters. The van der Waals surface area contributed by atoms with E-state index in [1.54, 1.807) is 32.3 Å². The first-order valence-electron chi connectivity index (χ1n) is 8.01. The fraction of sp³-hybridized carbons (Fsp3) is 0.471. The monoisotopic (exact) mass is 351 g/mol. The number of rotatable bonds is 4. The van der Waals surface area contributed by atoms with Gasteiger partial charge in [0.05, 0.1) is 18.0 Å². The molecule has 0 bridgehead atoms. The van der Waals surface area contributed by atoms with Crippen LogP contribution in [-0.4, -0.2) is 29.6 Å². The van der Waals surface area contributed by atoms with Crippen LogP contribution in [0.5, 0.6) is 0 Å². The standard InChI is InChI=1S/C17H22FN3O2S/c1-12-7-8-13(9-15(12)18)11-24(22,23)21(3)17-6-4-5-16-14(17)10-19-20(16)2/h7-10,17H,4-6,11H2,1-3H3. The van der Waals surface area contributed by atoms with E-state index in [0.29, 0.717) is 11.1 Å². The predicted molar refractivity (Wildman–Crippen MR) is 90.4 cm³/mol. The third-order valence-electron chi connectivity index (χ3n) is 4.81. The average molecular weight is 351 g/mol. The molecule has 130 valence electrons.